The molecule has 0 radical (unpaired) electrons. The summed E-state index contributed by atoms with van der Waals surface area (Å²) in [6.45, 7) is 1.73. The van der Waals surface area contributed by atoms with Crippen LogP contribution in [0.2, 0.25) is 0 Å². The number of rotatable bonds is 3. The molecule has 0 fully saturated rings. The van der Waals surface area contributed by atoms with Crippen molar-refractivity contribution in [3.05, 3.63) is 41.7 Å². The van der Waals surface area contributed by atoms with Gasteiger partial charge < -0.3 is 10.5 Å². The van der Waals surface area contributed by atoms with E-state index in [0.717, 1.165) is 17.1 Å². The minimum atomic E-state index is -4.42. The first-order chi connectivity index (χ1) is 9.34. The molecular weight excluding hydrogens is 271 g/mol. The van der Waals surface area contributed by atoms with Crippen molar-refractivity contribution >= 4 is 0 Å². The summed E-state index contributed by atoms with van der Waals surface area (Å²) in [5.74, 6) is 0.515. The summed E-state index contributed by atoms with van der Waals surface area (Å²) in [5, 5.41) is 3.76. The highest BCUT2D eigenvalue weighted by atomic mass is 19.4. The summed E-state index contributed by atoms with van der Waals surface area (Å²) in [7, 11) is 1.48. The molecule has 2 N–H and O–H groups in total. The van der Waals surface area contributed by atoms with Gasteiger partial charge in [0, 0.05) is 17.8 Å². The molecule has 0 aliphatic heterocycles. The van der Waals surface area contributed by atoms with Gasteiger partial charge in [0.2, 0.25) is 0 Å². The summed E-state index contributed by atoms with van der Waals surface area (Å²) >= 11 is 0. The van der Waals surface area contributed by atoms with Crippen LogP contribution >= 0.6 is 0 Å². The van der Waals surface area contributed by atoms with Crippen molar-refractivity contribution in [3.63, 3.8) is 0 Å². The second kappa shape index (κ2) is 5.16. The van der Waals surface area contributed by atoms with Crippen molar-refractivity contribution in [3.8, 4) is 11.4 Å². The van der Waals surface area contributed by atoms with Crippen LogP contribution in [0.4, 0.5) is 13.2 Å². The van der Waals surface area contributed by atoms with Gasteiger partial charge in [-0.3, -0.25) is 0 Å². The van der Waals surface area contributed by atoms with E-state index >= 15 is 0 Å². The molecule has 0 bridgehead atoms. The Morgan fingerprint density at radius 1 is 1.35 bits per heavy atom. The van der Waals surface area contributed by atoms with E-state index < -0.39 is 17.8 Å². The van der Waals surface area contributed by atoms with Gasteiger partial charge in [0.1, 0.15) is 5.75 Å². The topological polar surface area (TPSA) is 53.1 Å². The Morgan fingerprint density at radius 2 is 2.05 bits per heavy atom. The number of alkyl halides is 3. The Balaban J connectivity index is 2.55. The zero-order valence-corrected chi connectivity index (χ0v) is 11.0. The number of hydrogen-bond acceptors (Lipinski definition) is 3. The van der Waals surface area contributed by atoms with Crippen molar-refractivity contribution in [1.29, 1.82) is 0 Å². The lowest BCUT2D eigenvalue weighted by Crippen LogP contribution is -2.12. The largest absolute Gasteiger partial charge is 0.496 e. The van der Waals surface area contributed by atoms with Gasteiger partial charge in [-0.05, 0) is 19.1 Å². The normalized spacial score (nSPS) is 13.3. The maximum Gasteiger partial charge on any atom is 0.419 e. The highest BCUT2D eigenvalue weighted by Crippen LogP contribution is 2.32. The molecule has 1 aromatic carbocycles. The third-order valence-corrected chi connectivity index (χ3v) is 2.88. The lowest BCUT2D eigenvalue weighted by molar-refractivity contribution is -0.137. The molecule has 0 aliphatic carbocycles. The predicted molar refractivity (Wildman–Crippen MR) is 67.7 cm³/mol. The minimum absolute atomic E-state index is 0.403. The van der Waals surface area contributed by atoms with E-state index in [2.05, 4.69) is 5.10 Å². The highest BCUT2D eigenvalue weighted by Gasteiger charge is 2.32. The number of nitrogens with two attached hydrogens (primary N) is 1. The summed E-state index contributed by atoms with van der Waals surface area (Å²) in [4.78, 5) is 0. The average Bonchev–Trinajstić information content (AvgIpc) is 2.86. The molecule has 2 aromatic rings. The highest BCUT2D eigenvalue weighted by molar-refractivity contribution is 5.51. The summed E-state index contributed by atoms with van der Waals surface area (Å²) in [5.41, 5.74) is 6.14. The van der Waals surface area contributed by atoms with Crippen molar-refractivity contribution < 1.29 is 17.9 Å². The molecule has 1 heterocycles. The van der Waals surface area contributed by atoms with E-state index in [9.17, 15) is 13.2 Å². The Hall–Kier alpha value is -2.02. The first-order valence-corrected chi connectivity index (χ1v) is 5.89. The molecule has 20 heavy (non-hydrogen) atoms. The van der Waals surface area contributed by atoms with Gasteiger partial charge in [-0.25, -0.2) is 4.68 Å². The van der Waals surface area contributed by atoms with Gasteiger partial charge >= 0.3 is 6.18 Å². The van der Waals surface area contributed by atoms with Crippen LogP contribution in [0.1, 0.15) is 24.1 Å². The van der Waals surface area contributed by atoms with Crippen LogP contribution in [-0.2, 0) is 6.18 Å². The molecule has 0 saturated heterocycles. The Labute approximate surface area is 114 Å². The van der Waals surface area contributed by atoms with E-state index in [1.54, 1.807) is 25.1 Å². The third kappa shape index (κ3) is 2.62. The third-order valence-electron chi connectivity index (χ3n) is 2.88. The lowest BCUT2D eigenvalue weighted by Gasteiger charge is -2.16. The Kier molecular flexibility index (Phi) is 3.71. The molecule has 0 aliphatic rings. The molecular formula is C13H14F3N3O. The number of methoxy groups -OCH3 is 1. The molecule has 0 saturated carbocycles. The van der Waals surface area contributed by atoms with E-state index in [-0.39, 0.29) is 0 Å². The first kappa shape index (κ1) is 14.4. The van der Waals surface area contributed by atoms with Crippen LogP contribution in [-0.4, -0.2) is 16.9 Å². The maximum atomic E-state index is 12.6. The van der Waals surface area contributed by atoms with E-state index in [4.69, 9.17) is 10.5 Å². The molecule has 0 unspecified atom stereocenters. The number of aromatic nitrogens is 2. The van der Waals surface area contributed by atoms with Crippen molar-refractivity contribution in [2.75, 3.05) is 7.11 Å². The summed E-state index contributed by atoms with van der Waals surface area (Å²) < 4.78 is 44.2. The molecule has 0 spiro atoms. The van der Waals surface area contributed by atoms with Gasteiger partial charge in [0.15, 0.2) is 0 Å². The molecule has 108 valence electrons. The van der Waals surface area contributed by atoms with E-state index in [0.29, 0.717) is 17.0 Å². The zero-order valence-electron chi connectivity index (χ0n) is 11.0. The number of halogens is 3. The Bertz CT molecular complexity index is 605. The predicted octanol–water partition coefficient (Wildman–Crippen LogP) is 2.92. The van der Waals surface area contributed by atoms with Gasteiger partial charge in [0.05, 0.1) is 24.6 Å². The van der Waals surface area contributed by atoms with Gasteiger partial charge in [-0.15, -0.1) is 0 Å². The fourth-order valence-electron chi connectivity index (χ4n) is 1.97. The molecule has 2 rings (SSSR count). The standard InChI is InChI=1S/C13H14F3N3O/c1-8(17)12-10(4-3-5-11(12)20-2)19-7-9(6-18-19)13(14,15)16/h3-8H,17H2,1-2H3/t8-/m0/s1. The number of nitrogens with zero attached hydrogens (tertiary/aromatic N) is 2. The second-order valence-electron chi connectivity index (χ2n) is 4.35. The molecule has 1 aromatic heterocycles. The van der Waals surface area contributed by atoms with Crippen LogP contribution in [0.15, 0.2) is 30.6 Å². The first-order valence-electron chi connectivity index (χ1n) is 5.89. The number of benzene rings is 1. The van der Waals surface area contributed by atoms with Crippen LogP contribution < -0.4 is 10.5 Å². The summed E-state index contributed by atoms with van der Waals surface area (Å²) in [6.07, 6.45) is -2.71. The van der Waals surface area contributed by atoms with E-state index in [1.165, 1.54) is 7.11 Å². The second-order valence-corrected chi connectivity index (χ2v) is 4.35. The molecule has 1 atom stereocenters. The van der Waals surface area contributed by atoms with Gasteiger partial charge in [-0.2, -0.15) is 18.3 Å². The smallest absolute Gasteiger partial charge is 0.419 e. The zero-order chi connectivity index (χ0) is 14.9. The Morgan fingerprint density at radius 3 is 2.55 bits per heavy atom. The molecule has 0 amide bonds. The van der Waals surface area contributed by atoms with Crippen molar-refractivity contribution in [2.24, 2.45) is 5.73 Å². The van der Waals surface area contributed by atoms with Crippen LogP contribution in [0.25, 0.3) is 5.69 Å². The van der Waals surface area contributed by atoms with Crippen LogP contribution in [0.5, 0.6) is 5.75 Å². The van der Waals surface area contributed by atoms with Gasteiger partial charge in [-0.1, -0.05) is 6.07 Å². The maximum absolute atomic E-state index is 12.6. The fourth-order valence-corrected chi connectivity index (χ4v) is 1.97. The molecule has 4 nitrogen and oxygen atoms in total. The monoisotopic (exact) mass is 285 g/mol. The SMILES string of the molecule is COc1cccc(-n2cc(C(F)(F)F)cn2)c1[C@H](C)N. The van der Waals surface area contributed by atoms with Gasteiger partial charge in [0.25, 0.3) is 0 Å². The van der Waals surface area contributed by atoms with Crippen molar-refractivity contribution in [1.82, 2.24) is 9.78 Å². The molecule has 7 heteroatoms. The van der Waals surface area contributed by atoms with E-state index in [1.807, 2.05) is 0 Å². The van der Waals surface area contributed by atoms with Crippen LogP contribution in [0, 0.1) is 0 Å². The number of ether oxygens (including phenoxy) is 1. The minimum Gasteiger partial charge on any atom is -0.496 e. The average molecular weight is 285 g/mol. The summed E-state index contributed by atoms with van der Waals surface area (Å²) in [6, 6.07) is 4.62. The lowest BCUT2D eigenvalue weighted by atomic mass is 10.1. The number of hydrogen-bond donors (Lipinski definition) is 1. The quantitative estimate of drug-likeness (QED) is 0.943. The van der Waals surface area contributed by atoms with Crippen LogP contribution in [0.3, 0.4) is 0 Å². The fraction of sp³-hybridized carbons (Fsp3) is 0.308. The van der Waals surface area contributed by atoms with Crippen molar-refractivity contribution in [2.45, 2.75) is 19.1 Å².